The number of fused-ring (bicyclic) bond motifs is 3. The minimum atomic E-state index is -0.0289. The van der Waals surface area contributed by atoms with Gasteiger partial charge in [0.2, 0.25) is 5.91 Å². The van der Waals surface area contributed by atoms with E-state index in [1.165, 1.54) is 5.69 Å². The molecule has 0 saturated carbocycles. The molecule has 1 saturated heterocycles. The summed E-state index contributed by atoms with van der Waals surface area (Å²) < 4.78 is 2.27. The van der Waals surface area contributed by atoms with Gasteiger partial charge in [-0.15, -0.1) is 0 Å². The number of amides is 1. The summed E-state index contributed by atoms with van der Waals surface area (Å²) >= 11 is 0. The lowest BCUT2D eigenvalue weighted by atomic mass is 9.93. The molecule has 1 aromatic heterocycles. The molecule has 0 spiro atoms. The molecule has 3 rings (SSSR count). The number of hydrogen-bond acceptors (Lipinski definition) is 1. The minimum Gasteiger partial charge on any atom is -0.348 e. The van der Waals surface area contributed by atoms with E-state index in [1.54, 1.807) is 0 Å². The predicted octanol–water partition coefficient (Wildman–Crippen LogP) is 1.34. The Balaban J connectivity index is 2.15. The second-order valence-corrected chi connectivity index (χ2v) is 4.41. The van der Waals surface area contributed by atoms with E-state index >= 15 is 0 Å². The largest absolute Gasteiger partial charge is 0.348 e. The fourth-order valence-corrected chi connectivity index (χ4v) is 2.84. The fraction of sp³-hybridized carbons (Fsp3) is 0.545. The van der Waals surface area contributed by atoms with Crippen LogP contribution in [0.3, 0.4) is 0 Å². The average Bonchev–Trinajstić information content (AvgIpc) is 2.72. The molecule has 3 heterocycles. The maximum Gasteiger partial charge on any atom is 0.223 e. The van der Waals surface area contributed by atoms with Crippen LogP contribution in [0.4, 0.5) is 0 Å². The third-order valence-corrected chi connectivity index (χ3v) is 3.67. The Morgan fingerprint density at radius 2 is 2.29 bits per heavy atom. The van der Waals surface area contributed by atoms with Crippen LogP contribution in [-0.4, -0.2) is 21.9 Å². The summed E-state index contributed by atoms with van der Waals surface area (Å²) in [7, 11) is 0. The van der Waals surface area contributed by atoms with E-state index in [-0.39, 0.29) is 5.54 Å². The zero-order valence-electron chi connectivity index (χ0n) is 8.36. The highest BCUT2D eigenvalue weighted by atomic mass is 16.2. The molecule has 1 amide bonds. The molecule has 74 valence electrons. The molecule has 1 aromatic rings. The second kappa shape index (κ2) is 2.41. The van der Waals surface area contributed by atoms with Crippen molar-refractivity contribution in [2.24, 2.45) is 0 Å². The Morgan fingerprint density at radius 1 is 1.43 bits per heavy atom. The zero-order chi connectivity index (χ0) is 9.76. The summed E-state index contributed by atoms with van der Waals surface area (Å²) in [4.78, 5) is 13.7. The molecule has 3 nitrogen and oxygen atoms in total. The van der Waals surface area contributed by atoms with Crippen molar-refractivity contribution < 1.29 is 4.79 Å². The van der Waals surface area contributed by atoms with E-state index in [9.17, 15) is 4.79 Å². The van der Waals surface area contributed by atoms with Gasteiger partial charge in [-0.1, -0.05) is 0 Å². The Bertz CT molecular complexity index is 396. The maximum absolute atomic E-state index is 11.7. The van der Waals surface area contributed by atoms with Gasteiger partial charge in [-0.05, 0) is 25.5 Å². The Labute approximate surface area is 83.3 Å². The van der Waals surface area contributed by atoms with Crippen molar-refractivity contribution in [2.45, 2.75) is 31.8 Å². The smallest absolute Gasteiger partial charge is 0.223 e. The number of aromatic nitrogens is 1. The van der Waals surface area contributed by atoms with E-state index in [2.05, 4.69) is 29.8 Å². The van der Waals surface area contributed by atoms with E-state index in [0.717, 1.165) is 19.5 Å². The van der Waals surface area contributed by atoms with Crippen molar-refractivity contribution >= 4 is 5.91 Å². The number of nitrogens with zero attached hydrogens (tertiary/aromatic N) is 2. The van der Waals surface area contributed by atoms with Gasteiger partial charge >= 0.3 is 0 Å². The first kappa shape index (κ1) is 8.09. The third kappa shape index (κ3) is 0.800. The Morgan fingerprint density at radius 3 is 3.14 bits per heavy atom. The first-order chi connectivity index (χ1) is 6.72. The van der Waals surface area contributed by atoms with E-state index < -0.39 is 0 Å². The van der Waals surface area contributed by atoms with Crippen LogP contribution in [0.1, 0.15) is 25.5 Å². The highest BCUT2D eigenvalue weighted by Crippen LogP contribution is 2.41. The molecule has 0 N–H and O–H groups in total. The molecular weight excluding hydrogens is 176 g/mol. The molecule has 3 heteroatoms. The molecule has 2 aliphatic rings. The highest BCUT2D eigenvalue weighted by molar-refractivity contribution is 5.80. The molecule has 0 radical (unpaired) electrons. The van der Waals surface area contributed by atoms with Crippen molar-refractivity contribution in [1.82, 2.24) is 9.47 Å². The molecule has 1 fully saturated rings. The van der Waals surface area contributed by atoms with Gasteiger partial charge < -0.3 is 9.47 Å². The van der Waals surface area contributed by atoms with Crippen LogP contribution in [0.5, 0.6) is 0 Å². The third-order valence-electron chi connectivity index (χ3n) is 3.67. The van der Waals surface area contributed by atoms with Crippen LogP contribution < -0.4 is 0 Å². The van der Waals surface area contributed by atoms with Gasteiger partial charge in [0.05, 0.1) is 5.54 Å². The normalized spacial score (nSPS) is 30.4. The van der Waals surface area contributed by atoms with Crippen LogP contribution in [0.25, 0.3) is 0 Å². The van der Waals surface area contributed by atoms with Gasteiger partial charge in [-0.3, -0.25) is 4.79 Å². The quantitative estimate of drug-likeness (QED) is 0.606. The summed E-state index contributed by atoms with van der Waals surface area (Å²) in [6.07, 6.45) is 3.79. The number of rotatable bonds is 0. The predicted molar refractivity (Wildman–Crippen MR) is 52.7 cm³/mol. The molecule has 2 aliphatic heterocycles. The van der Waals surface area contributed by atoms with E-state index in [4.69, 9.17) is 0 Å². The lowest BCUT2D eigenvalue weighted by Crippen LogP contribution is -2.47. The SMILES string of the molecule is CC12CCC(=O)N1CCn1cccc12. The monoisotopic (exact) mass is 190 g/mol. The standard InChI is InChI=1S/C11H14N2O/c1-11-5-4-10(14)13(11)8-7-12-6-2-3-9(11)12/h2-3,6H,4-5,7-8H2,1H3. The van der Waals surface area contributed by atoms with Crippen LogP contribution >= 0.6 is 0 Å². The van der Waals surface area contributed by atoms with Gasteiger partial charge in [0.25, 0.3) is 0 Å². The van der Waals surface area contributed by atoms with Crippen LogP contribution in [-0.2, 0) is 16.9 Å². The lowest BCUT2D eigenvalue weighted by molar-refractivity contribution is -0.132. The van der Waals surface area contributed by atoms with Crippen molar-refractivity contribution in [3.8, 4) is 0 Å². The summed E-state index contributed by atoms with van der Waals surface area (Å²) in [6, 6.07) is 4.22. The highest BCUT2D eigenvalue weighted by Gasteiger charge is 2.46. The summed E-state index contributed by atoms with van der Waals surface area (Å²) in [5, 5.41) is 0. The van der Waals surface area contributed by atoms with Crippen LogP contribution in [0, 0.1) is 0 Å². The molecule has 0 aromatic carbocycles. The topological polar surface area (TPSA) is 25.2 Å². The molecule has 1 atom stereocenters. The summed E-state index contributed by atoms with van der Waals surface area (Å²) in [5.74, 6) is 0.319. The summed E-state index contributed by atoms with van der Waals surface area (Å²) in [6.45, 7) is 4.00. The number of carbonyl (C=O) groups excluding carboxylic acids is 1. The Hall–Kier alpha value is -1.25. The van der Waals surface area contributed by atoms with Crippen molar-refractivity contribution in [3.63, 3.8) is 0 Å². The van der Waals surface area contributed by atoms with Crippen LogP contribution in [0.15, 0.2) is 18.3 Å². The van der Waals surface area contributed by atoms with E-state index in [0.29, 0.717) is 12.3 Å². The van der Waals surface area contributed by atoms with Gasteiger partial charge in [-0.25, -0.2) is 0 Å². The number of carbonyl (C=O) groups is 1. The zero-order valence-corrected chi connectivity index (χ0v) is 8.36. The van der Waals surface area contributed by atoms with Gasteiger partial charge in [0.1, 0.15) is 0 Å². The van der Waals surface area contributed by atoms with Crippen molar-refractivity contribution in [3.05, 3.63) is 24.0 Å². The van der Waals surface area contributed by atoms with Gasteiger partial charge in [0, 0.05) is 31.4 Å². The molecular formula is C11H14N2O. The molecule has 14 heavy (non-hydrogen) atoms. The second-order valence-electron chi connectivity index (χ2n) is 4.41. The first-order valence-electron chi connectivity index (χ1n) is 5.18. The Kier molecular flexibility index (Phi) is 1.39. The van der Waals surface area contributed by atoms with E-state index in [1.807, 2.05) is 4.90 Å². The van der Waals surface area contributed by atoms with Gasteiger partial charge in [-0.2, -0.15) is 0 Å². The molecule has 0 bridgehead atoms. The molecule has 1 unspecified atom stereocenters. The maximum atomic E-state index is 11.7. The van der Waals surface area contributed by atoms with Crippen molar-refractivity contribution in [2.75, 3.05) is 6.54 Å². The fourth-order valence-electron chi connectivity index (χ4n) is 2.84. The van der Waals surface area contributed by atoms with Crippen molar-refractivity contribution in [1.29, 1.82) is 0 Å². The average molecular weight is 190 g/mol. The minimum absolute atomic E-state index is 0.0289. The lowest BCUT2D eigenvalue weighted by Gasteiger charge is -2.40. The molecule has 0 aliphatic carbocycles. The van der Waals surface area contributed by atoms with Crippen LogP contribution in [0.2, 0.25) is 0 Å². The number of hydrogen-bond donors (Lipinski definition) is 0. The first-order valence-corrected chi connectivity index (χ1v) is 5.18. The summed E-state index contributed by atoms with van der Waals surface area (Å²) in [5.41, 5.74) is 1.27. The van der Waals surface area contributed by atoms with Gasteiger partial charge in [0.15, 0.2) is 0 Å².